The minimum Gasteiger partial charge on any atom is -0.459 e. The van der Waals surface area contributed by atoms with Gasteiger partial charge in [-0.1, -0.05) is 10.4 Å². The molecular weight excluding hydrogens is 289 g/mol. The quantitative estimate of drug-likeness (QED) is 0.578. The SMILES string of the molecule is Fc1ccc(-n2cc(-c3noc(-c4ccco4)n3)nn2)cc1. The van der Waals surface area contributed by atoms with Crippen LogP contribution in [0.25, 0.3) is 28.9 Å². The molecule has 108 valence electrons. The first-order valence-electron chi connectivity index (χ1n) is 6.36. The highest BCUT2D eigenvalue weighted by atomic mass is 19.1. The summed E-state index contributed by atoms with van der Waals surface area (Å²) in [7, 11) is 0. The van der Waals surface area contributed by atoms with E-state index in [4.69, 9.17) is 8.94 Å². The zero-order valence-electron chi connectivity index (χ0n) is 11.0. The van der Waals surface area contributed by atoms with Gasteiger partial charge in [0.25, 0.3) is 5.89 Å². The van der Waals surface area contributed by atoms with Crippen molar-refractivity contribution in [3.8, 4) is 28.9 Å². The first-order valence-corrected chi connectivity index (χ1v) is 6.36. The summed E-state index contributed by atoms with van der Waals surface area (Å²) in [4.78, 5) is 4.20. The monoisotopic (exact) mass is 297 g/mol. The van der Waals surface area contributed by atoms with Crippen molar-refractivity contribution in [2.24, 2.45) is 0 Å². The Bertz CT molecular complexity index is 896. The maximum Gasteiger partial charge on any atom is 0.293 e. The van der Waals surface area contributed by atoms with Gasteiger partial charge in [-0.2, -0.15) is 4.98 Å². The molecule has 1 aromatic carbocycles. The van der Waals surface area contributed by atoms with Crippen LogP contribution in [0.1, 0.15) is 0 Å². The number of aromatic nitrogens is 5. The fourth-order valence-corrected chi connectivity index (χ4v) is 1.91. The van der Waals surface area contributed by atoms with E-state index >= 15 is 0 Å². The summed E-state index contributed by atoms with van der Waals surface area (Å²) >= 11 is 0. The van der Waals surface area contributed by atoms with E-state index in [0.717, 1.165) is 0 Å². The van der Waals surface area contributed by atoms with Crippen LogP contribution in [0.4, 0.5) is 4.39 Å². The van der Waals surface area contributed by atoms with E-state index in [1.165, 1.54) is 23.1 Å². The Morgan fingerprint density at radius 3 is 2.73 bits per heavy atom. The van der Waals surface area contributed by atoms with Gasteiger partial charge in [0, 0.05) is 0 Å². The maximum atomic E-state index is 12.9. The first kappa shape index (κ1) is 12.5. The first-order chi connectivity index (χ1) is 10.8. The molecule has 0 saturated heterocycles. The Labute approximate surface area is 123 Å². The van der Waals surface area contributed by atoms with Crippen LogP contribution in [-0.2, 0) is 0 Å². The maximum absolute atomic E-state index is 12.9. The molecular formula is C14H8FN5O2. The molecule has 22 heavy (non-hydrogen) atoms. The van der Waals surface area contributed by atoms with E-state index in [-0.39, 0.29) is 11.7 Å². The summed E-state index contributed by atoms with van der Waals surface area (Å²) < 4.78 is 24.7. The predicted octanol–water partition coefficient (Wildman–Crippen LogP) is 2.72. The van der Waals surface area contributed by atoms with E-state index in [2.05, 4.69) is 20.5 Å². The van der Waals surface area contributed by atoms with Crippen LogP contribution in [-0.4, -0.2) is 25.1 Å². The average molecular weight is 297 g/mol. The zero-order valence-corrected chi connectivity index (χ0v) is 11.0. The van der Waals surface area contributed by atoms with Crippen molar-refractivity contribution in [3.05, 3.63) is 54.7 Å². The third kappa shape index (κ3) is 2.16. The fraction of sp³-hybridized carbons (Fsp3) is 0. The predicted molar refractivity (Wildman–Crippen MR) is 72.3 cm³/mol. The lowest BCUT2D eigenvalue weighted by Gasteiger charge is -1.97. The molecule has 0 radical (unpaired) electrons. The molecule has 0 fully saturated rings. The van der Waals surface area contributed by atoms with Gasteiger partial charge in [0.2, 0.25) is 5.82 Å². The third-order valence-electron chi connectivity index (χ3n) is 2.97. The topological polar surface area (TPSA) is 82.8 Å². The van der Waals surface area contributed by atoms with Crippen molar-refractivity contribution in [1.29, 1.82) is 0 Å². The number of rotatable bonds is 3. The molecule has 0 aliphatic carbocycles. The number of hydrogen-bond donors (Lipinski definition) is 0. The van der Waals surface area contributed by atoms with Crippen molar-refractivity contribution in [2.45, 2.75) is 0 Å². The Hall–Kier alpha value is -3.29. The highest BCUT2D eigenvalue weighted by molar-refractivity contribution is 5.52. The second-order valence-electron chi connectivity index (χ2n) is 4.43. The number of hydrogen-bond acceptors (Lipinski definition) is 6. The number of nitrogens with zero attached hydrogens (tertiary/aromatic N) is 5. The van der Waals surface area contributed by atoms with Crippen molar-refractivity contribution in [2.75, 3.05) is 0 Å². The second-order valence-corrected chi connectivity index (χ2v) is 4.43. The van der Waals surface area contributed by atoms with Gasteiger partial charge in [0.15, 0.2) is 11.5 Å². The summed E-state index contributed by atoms with van der Waals surface area (Å²) in [5.74, 6) is 0.714. The molecule has 8 heteroatoms. The third-order valence-corrected chi connectivity index (χ3v) is 2.97. The van der Waals surface area contributed by atoms with Gasteiger partial charge in [-0.25, -0.2) is 9.07 Å². The Kier molecular flexibility index (Phi) is 2.78. The smallest absolute Gasteiger partial charge is 0.293 e. The van der Waals surface area contributed by atoms with Crippen LogP contribution in [0.5, 0.6) is 0 Å². The summed E-state index contributed by atoms with van der Waals surface area (Å²) in [5.41, 5.74) is 1.11. The van der Waals surface area contributed by atoms with Crippen LogP contribution < -0.4 is 0 Å². The summed E-state index contributed by atoms with van der Waals surface area (Å²) in [6.45, 7) is 0. The molecule has 7 nitrogen and oxygen atoms in total. The van der Waals surface area contributed by atoms with E-state index in [1.807, 2.05) is 0 Å². The molecule has 0 saturated carbocycles. The number of benzene rings is 1. The van der Waals surface area contributed by atoms with Gasteiger partial charge in [0.1, 0.15) is 5.82 Å². The van der Waals surface area contributed by atoms with Crippen molar-refractivity contribution < 1.29 is 13.3 Å². The lowest BCUT2D eigenvalue weighted by molar-refractivity contribution is 0.416. The zero-order chi connectivity index (χ0) is 14.9. The highest BCUT2D eigenvalue weighted by Crippen LogP contribution is 2.21. The van der Waals surface area contributed by atoms with Gasteiger partial charge in [0.05, 0.1) is 18.1 Å². The van der Waals surface area contributed by atoms with Gasteiger partial charge in [-0.15, -0.1) is 5.10 Å². The normalized spacial score (nSPS) is 11.0. The molecule has 0 amide bonds. The summed E-state index contributed by atoms with van der Waals surface area (Å²) in [5, 5.41) is 11.8. The molecule has 0 unspecified atom stereocenters. The van der Waals surface area contributed by atoms with E-state index in [9.17, 15) is 4.39 Å². The highest BCUT2D eigenvalue weighted by Gasteiger charge is 2.15. The Balaban J connectivity index is 1.65. The van der Waals surface area contributed by atoms with Crippen molar-refractivity contribution in [1.82, 2.24) is 25.1 Å². The van der Waals surface area contributed by atoms with Crippen LogP contribution in [0.15, 0.2) is 57.8 Å². The summed E-state index contributed by atoms with van der Waals surface area (Å²) in [6, 6.07) is 9.33. The standard InChI is InChI=1S/C14H8FN5O2/c15-9-3-5-10(6-4-9)20-8-11(17-19-20)13-16-14(22-18-13)12-2-1-7-21-12/h1-8H. The Morgan fingerprint density at radius 2 is 1.95 bits per heavy atom. The van der Waals surface area contributed by atoms with E-state index in [0.29, 0.717) is 23.0 Å². The van der Waals surface area contributed by atoms with E-state index < -0.39 is 0 Å². The van der Waals surface area contributed by atoms with Gasteiger partial charge < -0.3 is 8.94 Å². The van der Waals surface area contributed by atoms with Crippen LogP contribution in [0.2, 0.25) is 0 Å². The molecule has 0 atom stereocenters. The average Bonchev–Trinajstić information content (AvgIpc) is 3.27. The molecule has 0 aliphatic rings. The lowest BCUT2D eigenvalue weighted by atomic mass is 10.3. The molecule has 0 bridgehead atoms. The molecule has 4 rings (SSSR count). The molecule has 0 spiro atoms. The molecule has 4 aromatic rings. The van der Waals surface area contributed by atoms with Gasteiger partial charge >= 0.3 is 0 Å². The van der Waals surface area contributed by atoms with Crippen molar-refractivity contribution >= 4 is 0 Å². The van der Waals surface area contributed by atoms with Crippen LogP contribution in [0, 0.1) is 5.82 Å². The second kappa shape index (κ2) is 4.92. The molecule has 0 N–H and O–H groups in total. The lowest BCUT2D eigenvalue weighted by Crippen LogP contribution is -1.94. The number of halogens is 1. The summed E-state index contributed by atoms with van der Waals surface area (Å²) in [6.07, 6.45) is 3.15. The van der Waals surface area contributed by atoms with Crippen LogP contribution >= 0.6 is 0 Å². The van der Waals surface area contributed by atoms with Crippen molar-refractivity contribution in [3.63, 3.8) is 0 Å². The molecule has 3 aromatic heterocycles. The molecule has 0 aliphatic heterocycles. The van der Waals surface area contributed by atoms with Gasteiger partial charge in [-0.05, 0) is 36.4 Å². The largest absolute Gasteiger partial charge is 0.459 e. The number of furan rings is 1. The minimum absolute atomic E-state index is 0.260. The fourth-order valence-electron chi connectivity index (χ4n) is 1.91. The minimum atomic E-state index is -0.314. The molecule has 3 heterocycles. The Morgan fingerprint density at radius 1 is 1.09 bits per heavy atom. The van der Waals surface area contributed by atoms with Crippen LogP contribution in [0.3, 0.4) is 0 Å². The van der Waals surface area contributed by atoms with Gasteiger partial charge in [-0.3, -0.25) is 0 Å². The van der Waals surface area contributed by atoms with E-state index in [1.54, 1.807) is 30.5 Å².